The van der Waals surface area contributed by atoms with Crippen LogP contribution in [0, 0.1) is 5.92 Å². The zero-order chi connectivity index (χ0) is 14.8. The van der Waals surface area contributed by atoms with Crippen LogP contribution in [-0.2, 0) is 22.3 Å². The van der Waals surface area contributed by atoms with Crippen molar-refractivity contribution in [3.63, 3.8) is 0 Å². The fourth-order valence-corrected chi connectivity index (χ4v) is 2.17. The van der Waals surface area contributed by atoms with Crippen LogP contribution in [-0.4, -0.2) is 19.1 Å². The van der Waals surface area contributed by atoms with Crippen molar-refractivity contribution in [3.05, 3.63) is 35.4 Å². The summed E-state index contributed by atoms with van der Waals surface area (Å²) < 4.78 is 43.2. The molecule has 0 spiro atoms. The molecule has 0 aliphatic heterocycles. The van der Waals surface area contributed by atoms with Crippen molar-refractivity contribution in [2.45, 2.75) is 31.6 Å². The molecule has 1 aliphatic rings. The third kappa shape index (κ3) is 3.50. The van der Waals surface area contributed by atoms with Crippen molar-refractivity contribution in [1.29, 1.82) is 0 Å². The fourth-order valence-electron chi connectivity index (χ4n) is 2.17. The highest BCUT2D eigenvalue weighted by atomic mass is 19.4. The first-order valence-corrected chi connectivity index (χ1v) is 6.40. The summed E-state index contributed by atoms with van der Waals surface area (Å²) in [7, 11) is 1.28. The second-order valence-electron chi connectivity index (χ2n) is 4.87. The molecule has 1 saturated carbocycles. The Labute approximate surface area is 115 Å². The Hall–Kier alpha value is -1.56. The highest BCUT2D eigenvalue weighted by Crippen LogP contribution is 2.34. The molecular formula is C14H16F3NO2. The van der Waals surface area contributed by atoms with Gasteiger partial charge in [0.05, 0.1) is 12.7 Å². The number of rotatable bonds is 5. The van der Waals surface area contributed by atoms with Crippen molar-refractivity contribution in [2.24, 2.45) is 5.92 Å². The van der Waals surface area contributed by atoms with Gasteiger partial charge in [0.1, 0.15) is 6.04 Å². The number of carbonyl (C=O) groups excluding carboxylic acids is 1. The summed E-state index contributed by atoms with van der Waals surface area (Å²) in [6.07, 6.45) is -2.60. The van der Waals surface area contributed by atoms with Crippen LogP contribution in [0.1, 0.15) is 24.0 Å². The Morgan fingerprint density at radius 2 is 2.05 bits per heavy atom. The van der Waals surface area contributed by atoms with Crippen LogP contribution in [0.25, 0.3) is 0 Å². The van der Waals surface area contributed by atoms with Gasteiger partial charge in [-0.25, -0.2) is 0 Å². The number of carbonyl (C=O) groups is 1. The fraction of sp³-hybridized carbons (Fsp3) is 0.500. The summed E-state index contributed by atoms with van der Waals surface area (Å²) in [5.41, 5.74) is -0.540. The highest BCUT2D eigenvalue weighted by Gasteiger charge is 2.37. The third-order valence-electron chi connectivity index (χ3n) is 3.38. The second-order valence-corrected chi connectivity index (χ2v) is 4.87. The molecule has 110 valence electrons. The summed E-state index contributed by atoms with van der Waals surface area (Å²) in [6.45, 7) is -0.00799. The summed E-state index contributed by atoms with van der Waals surface area (Å²) >= 11 is 0. The zero-order valence-corrected chi connectivity index (χ0v) is 11.0. The van der Waals surface area contributed by atoms with Gasteiger partial charge < -0.3 is 10.1 Å². The quantitative estimate of drug-likeness (QED) is 0.846. The molecule has 0 bridgehead atoms. The van der Waals surface area contributed by atoms with E-state index in [1.165, 1.54) is 19.2 Å². The van der Waals surface area contributed by atoms with E-state index in [9.17, 15) is 18.0 Å². The molecule has 0 radical (unpaired) electrons. The van der Waals surface area contributed by atoms with E-state index < -0.39 is 23.8 Å². The van der Waals surface area contributed by atoms with Crippen molar-refractivity contribution in [2.75, 3.05) is 7.11 Å². The van der Waals surface area contributed by atoms with Gasteiger partial charge in [0, 0.05) is 6.54 Å². The van der Waals surface area contributed by atoms with E-state index in [0.29, 0.717) is 0 Å². The molecule has 0 amide bonds. The van der Waals surface area contributed by atoms with Gasteiger partial charge in [0.25, 0.3) is 0 Å². The van der Waals surface area contributed by atoms with Crippen LogP contribution in [0.15, 0.2) is 24.3 Å². The minimum atomic E-state index is -4.39. The van der Waals surface area contributed by atoms with Crippen LogP contribution < -0.4 is 5.32 Å². The Morgan fingerprint density at radius 3 is 2.60 bits per heavy atom. The molecule has 1 aliphatic carbocycles. The predicted octanol–water partition coefficient (Wildman–Crippen LogP) is 2.75. The van der Waals surface area contributed by atoms with Gasteiger partial charge >= 0.3 is 12.1 Å². The van der Waals surface area contributed by atoms with Crippen LogP contribution in [0.3, 0.4) is 0 Å². The normalized spacial score (nSPS) is 16.8. The average molecular weight is 287 g/mol. The van der Waals surface area contributed by atoms with Gasteiger partial charge in [-0.1, -0.05) is 18.2 Å². The number of methoxy groups -OCH3 is 1. The minimum Gasteiger partial charge on any atom is -0.468 e. The topological polar surface area (TPSA) is 38.3 Å². The maximum absolute atomic E-state index is 12.8. The lowest BCUT2D eigenvalue weighted by Crippen LogP contribution is -2.39. The van der Waals surface area contributed by atoms with Gasteiger partial charge in [0.15, 0.2) is 0 Å². The van der Waals surface area contributed by atoms with Gasteiger partial charge in [-0.2, -0.15) is 13.2 Å². The van der Waals surface area contributed by atoms with Gasteiger partial charge in [-0.15, -0.1) is 0 Å². The standard InChI is InChI=1S/C14H16F3NO2/c1-20-13(19)12(9-6-7-9)18-8-10-4-2-3-5-11(10)14(15,16)17/h2-5,9,12,18H,6-8H2,1H3. The van der Waals surface area contributed by atoms with E-state index in [1.807, 2.05) is 0 Å². The molecule has 3 nitrogen and oxygen atoms in total. The lowest BCUT2D eigenvalue weighted by molar-refractivity contribution is -0.143. The lowest BCUT2D eigenvalue weighted by Gasteiger charge is -2.18. The number of ether oxygens (including phenoxy) is 1. The van der Waals surface area contributed by atoms with E-state index in [0.717, 1.165) is 18.9 Å². The SMILES string of the molecule is COC(=O)C(NCc1ccccc1C(F)(F)F)C1CC1. The Kier molecular flexibility index (Phi) is 4.32. The molecule has 6 heteroatoms. The first-order chi connectivity index (χ1) is 9.43. The lowest BCUT2D eigenvalue weighted by atomic mass is 10.1. The maximum atomic E-state index is 12.8. The second kappa shape index (κ2) is 5.83. The summed E-state index contributed by atoms with van der Waals surface area (Å²) in [5, 5.41) is 2.89. The smallest absolute Gasteiger partial charge is 0.416 e. The van der Waals surface area contributed by atoms with E-state index >= 15 is 0 Å². The molecule has 2 rings (SSSR count). The molecule has 20 heavy (non-hydrogen) atoms. The monoisotopic (exact) mass is 287 g/mol. The predicted molar refractivity (Wildman–Crippen MR) is 66.8 cm³/mol. The number of halogens is 3. The number of hydrogen-bond acceptors (Lipinski definition) is 3. The number of nitrogens with one attached hydrogen (secondary N) is 1. The molecule has 0 heterocycles. The van der Waals surface area contributed by atoms with Crippen LogP contribution >= 0.6 is 0 Å². The summed E-state index contributed by atoms with van der Waals surface area (Å²) in [5.74, 6) is -0.252. The van der Waals surface area contributed by atoms with Crippen LogP contribution in [0.5, 0.6) is 0 Å². The van der Waals surface area contributed by atoms with Crippen molar-refractivity contribution in [3.8, 4) is 0 Å². The molecular weight excluding hydrogens is 271 g/mol. The first-order valence-electron chi connectivity index (χ1n) is 6.40. The number of benzene rings is 1. The highest BCUT2D eigenvalue weighted by molar-refractivity contribution is 5.76. The first kappa shape index (κ1) is 14.8. The van der Waals surface area contributed by atoms with E-state index in [-0.39, 0.29) is 18.0 Å². The molecule has 0 saturated heterocycles. The van der Waals surface area contributed by atoms with Gasteiger partial charge in [0.2, 0.25) is 0 Å². The summed E-state index contributed by atoms with van der Waals surface area (Å²) in [6, 6.07) is 4.83. The van der Waals surface area contributed by atoms with Crippen molar-refractivity contribution < 1.29 is 22.7 Å². The largest absolute Gasteiger partial charge is 0.468 e. The molecule has 0 aromatic heterocycles. The van der Waals surface area contributed by atoms with Crippen molar-refractivity contribution in [1.82, 2.24) is 5.32 Å². The molecule has 1 aromatic rings. The van der Waals surface area contributed by atoms with E-state index in [4.69, 9.17) is 0 Å². The minimum absolute atomic E-state index is 0.00799. The van der Waals surface area contributed by atoms with Crippen LogP contribution in [0.2, 0.25) is 0 Å². The molecule has 1 N–H and O–H groups in total. The van der Waals surface area contributed by atoms with E-state index in [2.05, 4.69) is 10.1 Å². The molecule has 1 fully saturated rings. The van der Waals surface area contributed by atoms with Crippen LogP contribution in [0.4, 0.5) is 13.2 Å². The molecule has 1 unspecified atom stereocenters. The average Bonchev–Trinajstić information content (AvgIpc) is 3.22. The summed E-state index contributed by atoms with van der Waals surface area (Å²) in [4.78, 5) is 11.6. The van der Waals surface area contributed by atoms with Gasteiger partial charge in [-0.3, -0.25) is 4.79 Å². The number of esters is 1. The number of hydrogen-bond donors (Lipinski definition) is 1. The Balaban J connectivity index is 2.08. The molecule has 1 atom stereocenters. The maximum Gasteiger partial charge on any atom is 0.416 e. The van der Waals surface area contributed by atoms with Gasteiger partial charge in [-0.05, 0) is 30.4 Å². The Morgan fingerprint density at radius 1 is 1.40 bits per heavy atom. The van der Waals surface area contributed by atoms with Crippen molar-refractivity contribution >= 4 is 5.97 Å². The molecule has 1 aromatic carbocycles. The zero-order valence-electron chi connectivity index (χ0n) is 11.0. The van der Waals surface area contributed by atoms with E-state index in [1.54, 1.807) is 6.07 Å². The Bertz CT molecular complexity index is 484. The number of alkyl halides is 3. The third-order valence-corrected chi connectivity index (χ3v) is 3.38.